The van der Waals surface area contributed by atoms with Gasteiger partial charge in [-0.05, 0) is 0 Å². The van der Waals surface area contributed by atoms with E-state index in [-0.39, 0.29) is 6.42 Å². The highest BCUT2D eigenvalue weighted by atomic mass is 19.4. The number of nitrogens with one attached hydrogen (secondary N) is 2. The summed E-state index contributed by atoms with van der Waals surface area (Å²) in [5.74, 6) is -1.40. The zero-order chi connectivity index (χ0) is 14.5. The Morgan fingerprint density at radius 1 is 1.53 bits per heavy atom. The molecule has 0 spiro atoms. The number of rotatable bonds is 5. The van der Waals surface area contributed by atoms with E-state index in [1.807, 2.05) is 5.32 Å². The molecule has 3 N–H and O–H groups in total. The zero-order valence-corrected chi connectivity index (χ0v) is 9.40. The van der Waals surface area contributed by atoms with Crippen LogP contribution in [0.2, 0.25) is 0 Å². The van der Waals surface area contributed by atoms with E-state index in [0.717, 1.165) is 0 Å². The van der Waals surface area contributed by atoms with Crippen molar-refractivity contribution in [3.05, 3.63) is 18.2 Å². The zero-order valence-electron chi connectivity index (χ0n) is 9.40. The molecular formula is C9H10F3N3O4. The Labute approximate surface area is 104 Å². The van der Waals surface area contributed by atoms with E-state index in [0.29, 0.717) is 5.69 Å². The monoisotopic (exact) mass is 281 g/mol. The first-order valence-corrected chi connectivity index (χ1v) is 4.98. The summed E-state index contributed by atoms with van der Waals surface area (Å²) < 4.78 is 39.2. The number of amides is 1. The van der Waals surface area contributed by atoms with Crippen molar-refractivity contribution in [2.45, 2.75) is 18.6 Å². The van der Waals surface area contributed by atoms with Gasteiger partial charge in [-0.3, -0.25) is 0 Å². The van der Waals surface area contributed by atoms with Crippen LogP contribution >= 0.6 is 0 Å². The third-order valence-electron chi connectivity index (χ3n) is 1.94. The Hall–Kier alpha value is -2.26. The average Bonchev–Trinajstić information content (AvgIpc) is 2.77. The molecule has 0 bridgehead atoms. The number of hydrogen-bond acceptors (Lipinski definition) is 4. The number of nitrogens with zero attached hydrogens (tertiary/aromatic N) is 1. The maximum atomic E-state index is 11.8. The van der Waals surface area contributed by atoms with Crippen molar-refractivity contribution < 1.29 is 32.6 Å². The summed E-state index contributed by atoms with van der Waals surface area (Å²) in [6.45, 7) is -1.78. The average molecular weight is 281 g/mol. The van der Waals surface area contributed by atoms with E-state index in [9.17, 15) is 22.8 Å². The molecule has 1 aromatic rings. The second kappa shape index (κ2) is 6.07. The molecule has 10 heteroatoms. The lowest BCUT2D eigenvalue weighted by Crippen LogP contribution is -2.43. The van der Waals surface area contributed by atoms with Crippen LogP contribution < -0.4 is 5.32 Å². The lowest BCUT2D eigenvalue weighted by Gasteiger charge is -2.14. The molecular weight excluding hydrogens is 271 g/mol. The first-order valence-electron chi connectivity index (χ1n) is 4.98. The van der Waals surface area contributed by atoms with Gasteiger partial charge < -0.3 is 20.1 Å². The molecule has 0 unspecified atom stereocenters. The van der Waals surface area contributed by atoms with Crippen molar-refractivity contribution >= 4 is 12.1 Å². The number of hydrogen-bond donors (Lipinski definition) is 3. The summed E-state index contributed by atoms with van der Waals surface area (Å²) >= 11 is 0. The van der Waals surface area contributed by atoms with Gasteiger partial charge in [0.2, 0.25) is 0 Å². The molecule has 0 aliphatic carbocycles. The van der Waals surface area contributed by atoms with Gasteiger partial charge >= 0.3 is 18.2 Å². The van der Waals surface area contributed by atoms with Crippen molar-refractivity contribution in [3.63, 3.8) is 0 Å². The molecule has 0 aromatic carbocycles. The van der Waals surface area contributed by atoms with Crippen LogP contribution in [0.4, 0.5) is 18.0 Å². The highest BCUT2D eigenvalue weighted by Gasteiger charge is 2.30. The van der Waals surface area contributed by atoms with Gasteiger partial charge in [0.15, 0.2) is 6.61 Å². The van der Waals surface area contributed by atoms with Crippen LogP contribution in [-0.4, -0.2) is 46.0 Å². The quantitative estimate of drug-likeness (QED) is 0.736. The number of alkyl halides is 3. The molecule has 106 valence electrons. The maximum Gasteiger partial charge on any atom is 0.422 e. The third kappa shape index (κ3) is 5.75. The number of carboxylic acids is 1. The van der Waals surface area contributed by atoms with Gasteiger partial charge in [-0.15, -0.1) is 0 Å². The summed E-state index contributed by atoms with van der Waals surface area (Å²) in [6, 6.07) is -1.42. The first kappa shape index (κ1) is 14.8. The van der Waals surface area contributed by atoms with E-state index in [1.165, 1.54) is 12.5 Å². The second-order valence-corrected chi connectivity index (χ2v) is 3.51. The molecule has 19 heavy (non-hydrogen) atoms. The van der Waals surface area contributed by atoms with E-state index in [1.54, 1.807) is 0 Å². The van der Waals surface area contributed by atoms with Crippen LogP contribution in [0.1, 0.15) is 5.69 Å². The van der Waals surface area contributed by atoms with Crippen LogP contribution in [0.15, 0.2) is 12.5 Å². The fraction of sp³-hybridized carbons (Fsp3) is 0.444. The number of carbonyl (C=O) groups is 2. The molecule has 0 saturated heterocycles. The number of alkyl carbamates (subject to hydrolysis) is 1. The summed E-state index contributed by atoms with van der Waals surface area (Å²) in [6.07, 6.45) is -3.64. The largest absolute Gasteiger partial charge is 0.480 e. The molecule has 1 amide bonds. The van der Waals surface area contributed by atoms with Crippen LogP contribution in [0.25, 0.3) is 0 Å². The smallest absolute Gasteiger partial charge is 0.422 e. The summed E-state index contributed by atoms with van der Waals surface area (Å²) in [7, 11) is 0. The van der Waals surface area contributed by atoms with E-state index < -0.39 is 30.9 Å². The molecule has 1 atom stereocenters. The van der Waals surface area contributed by atoms with E-state index >= 15 is 0 Å². The molecule has 7 nitrogen and oxygen atoms in total. The number of aliphatic carboxylic acids is 1. The normalized spacial score (nSPS) is 12.8. The minimum atomic E-state index is -4.67. The molecule has 0 saturated carbocycles. The van der Waals surface area contributed by atoms with Gasteiger partial charge in [-0.1, -0.05) is 0 Å². The molecule has 0 fully saturated rings. The summed E-state index contributed by atoms with van der Waals surface area (Å²) in [4.78, 5) is 28.1. The van der Waals surface area contributed by atoms with Crippen LogP contribution in [-0.2, 0) is 16.0 Å². The predicted molar refractivity (Wildman–Crippen MR) is 54.3 cm³/mol. The van der Waals surface area contributed by atoms with Gasteiger partial charge in [-0.2, -0.15) is 13.2 Å². The Kier molecular flexibility index (Phi) is 4.73. The number of halogens is 3. The van der Waals surface area contributed by atoms with E-state index in [4.69, 9.17) is 5.11 Å². The van der Waals surface area contributed by atoms with Gasteiger partial charge in [0.05, 0.1) is 6.33 Å². The van der Waals surface area contributed by atoms with Crippen LogP contribution in [0, 0.1) is 0 Å². The highest BCUT2D eigenvalue weighted by molar-refractivity contribution is 5.80. The van der Waals surface area contributed by atoms with Crippen molar-refractivity contribution in [1.29, 1.82) is 0 Å². The number of aromatic amines is 1. The van der Waals surface area contributed by atoms with Gasteiger partial charge in [0.25, 0.3) is 0 Å². The second-order valence-electron chi connectivity index (χ2n) is 3.51. The molecule has 1 aromatic heterocycles. The number of H-pyrrole nitrogens is 1. The third-order valence-corrected chi connectivity index (χ3v) is 1.94. The fourth-order valence-electron chi connectivity index (χ4n) is 1.15. The standard InChI is InChI=1S/C9H10F3N3O4/c10-9(11,12)3-19-8(18)15-6(7(16)17)1-5-2-13-4-14-5/h2,4,6H,1,3H2,(H,13,14)(H,15,18)(H,16,17)/t6-/m1/s1. The molecule has 1 heterocycles. The Balaban J connectivity index is 2.49. The number of imidazole rings is 1. The minimum absolute atomic E-state index is 0.156. The van der Waals surface area contributed by atoms with Crippen LogP contribution in [0.3, 0.4) is 0 Å². The topological polar surface area (TPSA) is 104 Å². The first-order chi connectivity index (χ1) is 8.78. The van der Waals surface area contributed by atoms with Gasteiger partial charge in [0.1, 0.15) is 6.04 Å². The number of carbonyl (C=O) groups excluding carboxylic acids is 1. The van der Waals surface area contributed by atoms with Gasteiger partial charge in [0, 0.05) is 18.3 Å². The Morgan fingerprint density at radius 2 is 2.21 bits per heavy atom. The predicted octanol–water partition coefficient (Wildman–Crippen LogP) is 0.694. The van der Waals surface area contributed by atoms with Crippen molar-refractivity contribution in [2.75, 3.05) is 6.61 Å². The number of aromatic nitrogens is 2. The highest BCUT2D eigenvalue weighted by Crippen LogP contribution is 2.14. The van der Waals surface area contributed by atoms with Gasteiger partial charge in [-0.25, -0.2) is 14.6 Å². The minimum Gasteiger partial charge on any atom is -0.480 e. The van der Waals surface area contributed by atoms with E-state index in [2.05, 4.69) is 14.7 Å². The van der Waals surface area contributed by atoms with Crippen molar-refractivity contribution in [2.24, 2.45) is 0 Å². The number of ether oxygens (including phenoxy) is 1. The fourth-order valence-corrected chi connectivity index (χ4v) is 1.15. The lowest BCUT2D eigenvalue weighted by atomic mass is 10.2. The SMILES string of the molecule is O=C(N[C@H](Cc1cnc[nH]1)C(=O)O)OCC(F)(F)F. The van der Waals surface area contributed by atoms with Crippen molar-refractivity contribution in [3.8, 4) is 0 Å². The summed E-state index contributed by atoms with van der Waals surface area (Å²) in [5, 5.41) is 10.6. The lowest BCUT2D eigenvalue weighted by molar-refractivity contribution is -0.160. The Bertz CT molecular complexity index is 432. The molecule has 0 radical (unpaired) electrons. The summed E-state index contributed by atoms with van der Waals surface area (Å²) in [5.41, 5.74) is 0.406. The van der Waals surface area contributed by atoms with Crippen molar-refractivity contribution in [1.82, 2.24) is 15.3 Å². The molecule has 0 aliphatic heterocycles. The molecule has 0 aliphatic rings. The Morgan fingerprint density at radius 3 is 2.68 bits per heavy atom. The maximum absolute atomic E-state index is 11.8. The van der Waals surface area contributed by atoms with Crippen LogP contribution in [0.5, 0.6) is 0 Å². The number of carboxylic acid groups (broad SMARTS) is 1. The molecule has 1 rings (SSSR count).